The van der Waals surface area contributed by atoms with Gasteiger partial charge in [0, 0.05) is 6.04 Å². The largest absolute Gasteiger partial charge is 0.318 e. The molecule has 1 aromatic heterocycles. The van der Waals surface area contributed by atoms with E-state index >= 15 is 0 Å². The van der Waals surface area contributed by atoms with Crippen LogP contribution < -0.4 is 5.14 Å². The van der Waals surface area contributed by atoms with E-state index in [0.717, 1.165) is 0 Å². The molecule has 2 N–H and O–H groups in total. The Morgan fingerprint density at radius 2 is 2.17 bits per heavy atom. The van der Waals surface area contributed by atoms with Crippen LogP contribution in [0.25, 0.3) is 0 Å². The van der Waals surface area contributed by atoms with E-state index < -0.39 is 10.0 Å². The number of sulfonamides is 1. The van der Waals surface area contributed by atoms with Gasteiger partial charge in [-0.2, -0.15) is 0 Å². The van der Waals surface area contributed by atoms with Crippen LogP contribution in [0.2, 0.25) is 0 Å². The van der Waals surface area contributed by atoms with E-state index in [1.165, 1.54) is 17.1 Å². The number of primary sulfonamides is 1. The second-order valence-electron chi connectivity index (χ2n) is 2.78. The number of aromatic nitrogens is 2. The maximum absolute atomic E-state index is 10.9. The minimum absolute atomic E-state index is 0.0424. The molecule has 1 aromatic rings. The zero-order valence-electron chi connectivity index (χ0n) is 6.93. The summed E-state index contributed by atoms with van der Waals surface area (Å²) in [5.41, 5.74) is 0. The zero-order chi connectivity index (χ0) is 9.35. The van der Waals surface area contributed by atoms with Crippen LogP contribution in [0.1, 0.15) is 19.9 Å². The molecule has 0 spiro atoms. The highest BCUT2D eigenvalue weighted by Gasteiger charge is 2.15. The van der Waals surface area contributed by atoms with Gasteiger partial charge in [-0.25, -0.2) is 18.5 Å². The summed E-state index contributed by atoms with van der Waals surface area (Å²) in [4.78, 5) is 3.71. The van der Waals surface area contributed by atoms with Crippen LogP contribution in [-0.4, -0.2) is 18.0 Å². The van der Waals surface area contributed by atoms with Gasteiger partial charge in [-0.3, -0.25) is 0 Å². The number of hydrogen-bond acceptors (Lipinski definition) is 3. The quantitative estimate of drug-likeness (QED) is 0.717. The predicted molar refractivity (Wildman–Crippen MR) is 44.0 cm³/mol. The number of rotatable bonds is 2. The maximum atomic E-state index is 10.9. The molecule has 0 saturated carbocycles. The second-order valence-corrected chi connectivity index (χ2v) is 4.29. The molecule has 0 radical (unpaired) electrons. The average molecular weight is 189 g/mol. The molecule has 5 nitrogen and oxygen atoms in total. The molecular weight excluding hydrogens is 178 g/mol. The minimum atomic E-state index is -3.63. The first-order chi connectivity index (χ1) is 5.43. The smallest absolute Gasteiger partial charge is 0.255 e. The molecule has 0 amide bonds. The fourth-order valence-electron chi connectivity index (χ4n) is 0.901. The van der Waals surface area contributed by atoms with Crippen LogP contribution in [0.3, 0.4) is 0 Å². The third-order valence-electron chi connectivity index (χ3n) is 1.48. The van der Waals surface area contributed by atoms with Gasteiger partial charge in [-0.15, -0.1) is 0 Å². The van der Waals surface area contributed by atoms with E-state index in [1.54, 1.807) is 0 Å². The van der Waals surface area contributed by atoms with Crippen molar-refractivity contribution in [3.05, 3.63) is 12.5 Å². The Morgan fingerprint density at radius 3 is 2.50 bits per heavy atom. The number of nitrogens with two attached hydrogens (primary N) is 1. The molecule has 0 aliphatic carbocycles. The highest BCUT2D eigenvalue weighted by molar-refractivity contribution is 7.89. The van der Waals surface area contributed by atoms with Crippen molar-refractivity contribution < 1.29 is 8.42 Å². The average Bonchev–Trinajstić information content (AvgIpc) is 2.30. The Kier molecular flexibility index (Phi) is 2.20. The molecule has 1 heterocycles. The van der Waals surface area contributed by atoms with E-state index in [-0.39, 0.29) is 11.1 Å². The van der Waals surface area contributed by atoms with Gasteiger partial charge in [0.25, 0.3) is 10.0 Å². The summed E-state index contributed by atoms with van der Waals surface area (Å²) in [5.74, 6) is 0. The Balaban J connectivity index is 3.26. The van der Waals surface area contributed by atoms with E-state index in [1.807, 2.05) is 13.8 Å². The van der Waals surface area contributed by atoms with Crippen LogP contribution in [0.15, 0.2) is 17.6 Å². The predicted octanol–water partition coefficient (Wildman–Crippen LogP) is 0.111. The first-order valence-electron chi connectivity index (χ1n) is 3.47. The summed E-state index contributed by atoms with van der Waals surface area (Å²) in [5, 5.41) is 5.00. The van der Waals surface area contributed by atoms with Crippen LogP contribution in [0.4, 0.5) is 0 Å². The molecular formula is C6H11N3O2S. The van der Waals surface area contributed by atoms with Gasteiger partial charge in [-0.05, 0) is 13.8 Å². The van der Waals surface area contributed by atoms with Crippen molar-refractivity contribution in [2.24, 2.45) is 5.14 Å². The Morgan fingerprint density at radius 1 is 1.58 bits per heavy atom. The summed E-state index contributed by atoms with van der Waals surface area (Å²) in [6.45, 7) is 3.72. The molecule has 68 valence electrons. The zero-order valence-corrected chi connectivity index (χ0v) is 7.75. The normalized spacial score (nSPS) is 12.3. The van der Waals surface area contributed by atoms with E-state index in [9.17, 15) is 8.42 Å². The lowest BCUT2D eigenvalue weighted by Gasteiger charge is -2.08. The van der Waals surface area contributed by atoms with Crippen LogP contribution in [0.5, 0.6) is 0 Å². The Labute approximate surface area is 71.3 Å². The highest BCUT2D eigenvalue weighted by atomic mass is 32.2. The van der Waals surface area contributed by atoms with E-state index in [2.05, 4.69) is 4.98 Å². The van der Waals surface area contributed by atoms with Gasteiger partial charge in [0.1, 0.15) is 0 Å². The van der Waals surface area contributed by atoms with E-state index in [4.69, 9.17) is 5.14 Å². The van der Waals surface area contributed by atoms with E-state index in [0.29, 0.717) is 0 Å². The standard InChI is InChI=1S/C6H11N3O2S/c1-5(2)9-4-8-3-6(9)12(7,10)11/h3-5H,1-2H3,(H2,7,10,11). The van der Waals surface area contributed by atoms with Crippen molar-refractivity contribution in [3.63, 3.8) is 0 Å². The summed E-state index contributed by atoms with van der Waals surface area (Å²) in [7, 11) is -3.63. The minimum Gasteiger partial charge on any atom is -0.318 e. The van der Waals surface area contributed by atoms with Crippen molar-refractivity contribution >= 4 is 10.0 Å². The first-order valence-corrected chi connectivity index (χ1v) is 5.02. The van der Waals surface area contributed by atoms with Gasteiger partial charge in [0.2, 0.25) is 0 Å². The summed E-state index contributed by atoms with van der Waals surface area (Å²) in [6, 6.07) is 0.0424. The van der Waals surface area contributed by atoms with Crippen molar-refractivity contribution in [1.82, 2.24) is 9.55 Å². The molecule has 12 heavy (non-hydrogen) atoms. The molecule has 0 unspecified atom stereocenters. The Bertz CT molecular complexity index is 366. The SMILES string of the molecule is CC(C)n1cncc1S(N)(=O)=O. The molecule has 0 bridgehead atoms. The third-order valence-corrected chi connectivity index (χ3v) is 2.38. The van der Waals surface area contributed by atoms with Gasteiger partial charge in [-0.1, -0.05) is 0 Å². The first kappa shape index (κ1) is 9.21. The van der Waals surface area contributed by atoms with Crippen LogP contribution in [-0.2, 0) is 10.0 Å². The number of hydrogen-bond donors (Lipinski definition) is 1. The summed E-state index contributed by atoms with van der Waals surface area (Å²) >= 11 is 0. The topological polar surface area (TPSA) is 78.0 Å². The summed E-state index contributed by atoms with van der Waals surface area (Å²) < 4.78 is 23.4. The van der Waals surface area contributed by atoms with Crippen LogP contribution in [0, 0.1) is 0 Å². The molecule has 0 aliphatic heterocycles. The highest BCUT2D eigenvalue weighted by Crippen LogP contribution is 2.11. The maximum Gasteiger partial charge on any atom is 0.255 e. The monoisotopic (exact) mass is 189 g/mol. The van der Waals surface area contributed by atoms with Crippen molar-refractivity contribution in [2.75, 3.05) is 0 Å². The number of imidazole rings is 1. The molecule has 0 atom stereocenters. The van der Waals surface area contributed by atoms with Gasteiger partial charge < -0.3 is 4.57 Å². The molecule has 0 saturated heterocycles. The lowest BCUT2D eigenvalue weighted by atomic mass is 10.4. The lowest BCUT2D eigenvalue weighted by molar-refractivity contribution is 0.532. The Hall–Kier alpha value is -0.880. The summed E-state index contributed by atoms with van der Waals surface area (Å²) in [6.07, 6.45) is 2.69. The fraction of sp³-hybridized carbons (Fsp3) is 0.500. The van der Waals surface area contributed by atoms with Gasteiger partial charge in [0.15, 0.2) is 5.03 Å². The van der Waals surface area contributed by atoms with Gasteiger partial charge in [0.05, 0.1) is 12.5 Å². The number of nitrogens with zero attached hydrogens (tertiary/aromatic N) is 2. The van der Waals surface area contributed by atoms with Crippen LogP contribution >= 0.6 is 0 Å². The fourth-order valence-corrected chi connectivity index (χ4v) is 1.66. The molecule has 0 aromatic carbocycles. The van der Waals surface area contributed by atoms with Crippen molar-refractivity contribution in [3.8, 4) is 0 Å². The van der Waals surface area contributed by atoms with Crippen molar-refractivity contribution in [1.29, 1.82) is 0 Å². The molecule has 0 fully saturated rings. The molecule has 0 aliphatic rings. The second kappa shape index (κ2) is 2.87. The van der Waals surface area contributed by atoms with Crippen molar-refractivity contribution in [2.45, 2.75) is 24.9 Å². The molecule has 6 heteroatoms. The lowest BCUT2D eigenvalue weighted by Crippen LogP contribution is -2.17. The third kappa shape index (κ3) is 1.64. The molecule has 1 rings (SSSR count). The van der Waals surface area contributed by atoms with Gasteiger partial charge >= 0.3 is 0 Å².